The Kier molecular flexibility index (Phi) is 9.23. The zero-order valence-corrected chi connectivity index (χ0v) is 41.1. The molecule has 11 aromatic carbocycles. The monoisotopic (exact) mass is 968 g/mol. The Balaban J connectivity index is 0.978. The third-order valence-corrected chi connectivity index (χ3v) is 15.5. The third-order valence-electron chi connectivity index (χ3n) is 15.5. The van der Waals surface area contributed by atoms with E-state index >= 15 is 0 Å². The van der Waals surface area contributed by atoms with Gasteiger partial charge >= 0.3 is 0 Å². The van der Waals surface area contributed by atoms with E-state index in [1.54, 1.807) is 0 Å². The van der Waals surface area contributed by atoms with Gasteiger partial charge in [-0.25, -0.2) is 9.97 Å². The molecule has 5 heterocycles. The average molecular weight is 969 g/mol. The molecule has 0 unspecified atom stereocenters. The fourth-order valence-electron chi connectivity index (χ4n) is 12.2. The summed E-state index contributed by atoms with van der Waals surface area (Å²) in [6, 6.07) is 96.2. The molecule has 0 bridgehead atoms. The topological polar surface area (TPSA) is 45.5 Å². The van der Waals surface area contributed by atoms with Crippen LogP contribution in [0.15, 0.2) is 267 Å². The van der Waals surface area contributed by atoms with Crippen molar-refractivity contribution in [3.05, 3.63) is 267 Å². The van der Waals surface area contributed by atoms with Gasteiger partial charge < -0.3 is 13.7 Å². The van der Waals surface area contributed by atoms with Gasteiger partial charge in [0, 0.05) is 71.6 Å². The van der Waals surface area contributed by atoms with Crippen molar-refractivity contribution in [2.45, 2.75) is 0 Å². The maximum Gasteiger partial charge on any atom is 0.162 e. The molecule has 354 valence electrons. The van der Waals surface area contributed by atoms with E-state index < -0.39 is 0 Å². The van der Waals surface area contributed by atoms with Crippen LogP contribution in [0.25, 0.3) is 144 Å². The van der Waals surface area contributed by atoms with Gasteiger partial charge in [0.2, 0.25) is 0 Å². The summed E-state index contributed by atoms with van der Waals surface area (Å²) < 4.78 is 9.44. The first-order valence-corrected chi connectivity index (χ1v) is 25.9. The molecular weight excluding hydrogens is 925 g/mol. The highest BCUT2D eigenvalue weighted by molar-refractivity contribution is 6.18. The van der Waals surface area contributed by atoms with Gasteiger partial charge in [-0.2, -0.15) is 0 Å². The molecule has 0 saturated carbocycles. The van der Waals surface area contributed by atoms with E-state index in [1.165, 1.54) is 32.6 Å². The average Bonchev–Trinajstić information content (AvgIpc) is 4.32. The third kappa shape index (κ3) is 6.34. The van der Waals surface area contributed by atoms with Gasteiger partial charge in [-0.1, -0.05) is 146 Å². The molecule has 6 heteroatoms. The van der Waals surface area contributed by atoms with Crippen molar-refractivity contribution in [2.24, 2.45) is 0 Å². The molecule has 0 atom stereocenters. The molecule has 0 aliphatic carbocycles. The Labute approximate surface area is 436 Å². The summed E-state index contributed by atoms with van der Waals surface area (Å²) in [6.07, 6.45) is 0. The van der Waals surface area contributed by atoms with Crippen molar-refractivity contribution in [3.8, 4) is 56.5 Å². The predicted octanol–water partition coefficient (Wildman–Crippen LogP) is 17.9. The lowest BCUT2D eigenvalue weighted by Crippen LogP contribution is -1.99. The zero-order valence-electron chi connectivity index (χ0n) is 41.1. The van der Waals surface area contributed by atoms with Crippen molar-refractivity contribution in [3.63, 3.8) is 0 Å². The Hall–Kier alpha value is -10.3. The van der Waals surface area contributed by atoms with Crippen molar-refractivity contribution < 1.29 is 0 Å². The van der Waals surface area contributed by atoms with Crippen LogP contribution in [0.5, 0.6) is 0 Å². The van der Waals surface area contributed by atoms with Crippen LogP contribution in [0.4, 0.5) is 0 Å². The quantitative estimate of drug-likeness (QED) is 0.160. The van der Waals surface area contributed by atoms with Crippen LogP contribution in [0.1, 0.15) is 0 Å². The highest BCUT2D eigenvalue weighted by Crippen LogP contribution is 2.44. The molecule has 6 nitrogen and oxygen atoms in total. The molecule has 0 aliphatic rings. The van der Waals surface area contributed by atoms with Gasteiger partial charge in [-0.3, -0.25) is 4.57 Å². The zero-order chi connectivity index (χ0) is 49.8. The summed E-state index contributed by atoms with van der Waals surface area (Å²) in [6.45, 7) is 0. The molecular formula is C70H44N6. The summed E-state index contributed by atoms with van der Waals surface area (Å²) in [5.41, 5.74) is 18.4. The SMILES string of the molecule is c1ccc(-n2c3ccccc3c3cc(-c4ccc5c(c4)c4c(-c6ccc7c(c6)c6ccccc6n7-c6ccccc6)nc(-c6ccc7c(c6)c6ccccc6n7-c6ccccc6)nc4n5-c4ccccc4)ccc32)cc1. The minimum Gasteiger partial charge on any atom is -0.309 e. The number of aromatic nitrogens is 6. The number of hydrogen-bond acceptors (Lipinski definition) is 2. The van der Waals surface area contributed by atoms with Gasteiger partial charge in [0.25, 0.3) is 0 Å². The lowest BCUT2D eigenvalue weighted by Gasteiger charge is -2.12. The van der Waals surface area contributed by atoms with E-state index in [2.05, 4.69) is 285 Å². The lowest BCUT2D eigenvalue weighted by atomic mass is 9.99. The van der Waals surface area contributed by atoms with Crippen molar-refractivity contribution in [1.82, 2.24) is 28.2 Å². The fourth-order valence-corrected chi connectivity index (χ4v) is 12.2. The van der Waals surface area contributed by atoms with E-state index in [9.17, 15) is 0 Å². The molecule has 0 amide bonds. The van der Waals surface area contributed by atoms with E-state index in [4.69, 9.17) is 9.97 Å². The van der Waals surface area contributed by atoms with Crippen molar-refractivity contribution >= 4 is 87.4 Å². The number of hydrogen-bond donors (Lipinski definition) is 0. The van der Waals surface area contributed by atoms with Crippen LogP contribution < -0.4 is 0 Å². The molecule has 0 saturated heterocycles. The second kappa shape index (κ2) is 16.6. The first-order chi connectivity index (χ1) is 37.7. The van der Waals surface area contributed by atoms with Gasteiger partial charge in [0.05, 0.1) is 49.7 Å². The number of rotatable bonds is 7. The summed E-state index contributed by atoms with van der Waals surface area (Å²) in [5, 5.41) is 9.19. The number of nitrogens with zero attached hydrogens (tertiary/aromatic N) is 6. The summed E-state index contributed by atoms with van der Waals surface area (Å²) in [7, 11) is 0. The number of benzene rings is 11. The highest BCUT2D eigenvalue weighted by Gasteiger charge is 2.24. The predicted molar refractivity (Wildman–Crippen MR) is 316 cm³/mol. The van der Waals surface area contributed by atoms with Gasteiger partial charge in [0.15, 0.2) is 5.82 Å². The van der Waals surface area contributed by atoms with Gasteiger partial charge in [-0.15, -0.1) is 0 Å². The first-order valence-electron chi connectivity index (χ1n) is 25.9. The summed E-state index contributed by atoms with van der Waals surface area (Å²) in [5.74, 6) is 0.660. The molecule has 0 aliphatic heterocycles. The van der Waals surface area contributed by atoms with Crippen LogP contribution in [0.2, 0.25) is 0 Å². The van der Waals surface area contributed by atoms with Gasteiger partial charge in [-0.05, 0) is 132 Å². The minimum atomic E-state index is 0.660. The molecule has 76 heavy (non-hydrogen) atoms. The number of para-hydroxylation sites is 7. The maximum atomic E-state index is 5.77. The molecule has 16 rings (SSSR count). The standard InChI is InChI=1S/C70H44N6/c1-5-19-49(20-6-1)73-60-30-16-13-27-53(60)56-41-45(33-37-63(56)73)46-34-38-66-59(42-46)67-68(47-35-39-64-57(43-47)54-28-14-17-31-61(54)74(64)50-21-7-2-8-22-50)71-69(72-70(67)76(66)52-25-11-4-12-26-52)48-36-40-65-58(44-48)55-29-15-18-32-62(55)75(65)51-23-9-3-10-24-51/h1-44H. The van der Waals surface area contributed by atoms with E-state index in [0.717, 1.165) is 105 Å². The lowest BCUT2D eigenvalue weighted by molar-refractivity contribution is 1.11. The summed E-state index contributed by atoms with van der Waals surface area (Å²) >= 11 is 0. The highest BCUT2D eigenvalue weighted by atomic mass is 15.1. The maximum absolute atomic E-state index is 5.77. The Morgan fingerprint density at radius 1 is 0.224 bits per heavy atom. The van der Waals surface area contributed by atoms with E-state index in [-0.39, 0.29) is 0 Å². The molecule has 5 aromatic heterocycles. The molecule has 16 aromatic rings. The fraction of sp³-hybridized carbons (Fsp3) is 0. The molecule has 0 spiro atoms. The van der Waals surface area contributed by atoms with Crippen LogP contribution in [-0.4, -0.2) is 28.2 Å². The smallest absolute Gasteiger partial charge is 0.162 e. The minimum absolute atomic E-state index is 0.660. The Morgan fingerprint density at radius 2 is 0.539 bits per heavy atom. The van der Waals surface area contributed by atoms with E-state index in [1.807, 2.05) is 0 Å². The molecule has 0 radical (unpaired) electrons. The van der Waals surface area contributed by atoms with Crippen LogP contribution >= 0.6 is 0 Å². The summed E-state index contributed by atoms with van der Waals surface area (Å²) in [4.78, 5) is 11.5. The van der Waals surface area contributed by atoms with Crippen LogP contribution in [0, 0.1) is 0 Å². The Bertz CT molecular complexity index is 4970. The molecule has 0 N–H and O–H groups in total. The van der Waals surface area contributed by atoms with Crippen LogP contribution in [0.3, 0.4) is 0 Å². The second-order valence-electron chi connectivity index (χ2n) is 19.8. The van der Waals surface area contributed by atoms with E-state index in [0.29, 0.717) is 5.82 Å². The molecule has 0 fully saturated rings. The normalized spacial score (nSPS) is 11.9. The van der Waals surface area contributed by atoms with Crippen LogP contribution in [-0.2, 0) is 0 Å². The first kappa shape index (κ1) is 42.2. The second-order valence-corrected chi connectivity index (χ2v) is 19.8. The Morgan fingerprint density at radius 3 is 0.987 bits per heavy atom. The van der Waals surface area contributed by atoms with Crippen molar-refractivity contribution in [2.75, 3.05) is 0 Å². The largest absolute Gasteiger partial charge is 0.309 e. The van der Waals surface area contributed by atoms with Gasteiger partial charge in [0.1, 0.15) is 5.65 Å². The number of fused-ring (bicyclic) bond motifs is 12. The van der Waals surface area contributed by atoms with Crippen molar-refractivity contribution in [1.29, 1.82) is 0 Å².